The first-order chi connectivity index (χ1) is 16.9. The highest BCUT2D eigenvalue weighted by atomic mass is 31.2. The summed E-state index contributed by atoms with van der Waals surface area (Å²) in [7, 11) is -3.98. The van der Waals surface area contributed by atoms with Crippen molar-refractivity contribution in [2.45, 2.75) is 46.1 Å². The van der Waals surface area contributed by atoms with E-state index in [9.17, 15) is 14.2 Å². The zero-order chi connectivity index (χ0) is 24.7. The molecule has 7 nitrogen and oxygen atoms in total. The van der Waals surface area contributed by atoms with E-state index < -0.39 is 7.82 Å². The minimum Gasteiger partial charge on any atom is -0.403 e. The highest BCUT2D eigenvalue weighted by Gasteiger charge is 2.40. The largest absolute Gasteiger partial charge is 0.530 e. The zero-order valence-electron chi connectivity index (χ0n) is 20.1. The smallest absolute Gasteiger partial charge is 0.403 e. The predicted molar refractivity (Wildman–Crippen MR) is 132 cm³/mol. The summed E-state index contributed by atoms with van der Waals surface area (Å²) in [6, 6.07) is 12.9. The second kappa shape index (κ2) is 9.23. The number of phosphoric acid groups is 1. The summed E-state index contributed by atoms with van der Waals surface area (Å²) in [4.78, 5) is 27.5. The van der Waals surface area contributed by atoms with Crippen molar-refractivity contribution in [1.29, 1.82) is 0 Å². The van der Waals surface area contributed by atoms with Gasteiger partial charge in [0.25, 0.3) is 0 Å². The number of fused-ring (bicyclic) bond motifs is 5. The van der Waals surface area contributed by atoms with E-state index in [4.69, 9.17) is 13.6 Å². The number of aromatic nitrogens is 1. The minimum atomic E-state index is -3.98. The van der Waals surface area contributed by atoms with Gasteiger partial charge in [0.15, 0.2) is 11.6 Å². The van der Waals surface area contributed by atoms with Gasteiger partial charge in [-0.05, 0) is 30.0 Å². The molecular formula is C27H28NO6P. The molecule has 0 saturated heterocycles. The molecule has 0 bridgehead atoms. The van der Waals surface area contributed by atoms with Gasteiger partial charge in [-0.3, -0.25) is 18.6 Å². The van der Waals surface area contributed by atoms with Crippen LogP contribution in [0.15, 0.2) is 48.7 Å². The van der Waals surface area contributed by atoms with Crippen LogP contribution in [-0.2, 0) is 20.2 Å². The van der Waals surface area contributed by atoms with Crippen LogP contribution in [0.5, 0.6) is 5.75 Å². The molecule has 0 fully saturated rings. The van der Waals surface area contributed by atoms with Gasteiger partial charge in [0.1, 0.15) is 5.75 Å². The van der Waals surface area contributed by atoms with Crippen molar-refractivity contribution in [2.75, 3.05) is 13.2 Å². The fraction of sp³-hybridized carbons (Fsp3) is 0.333. The van der Waals surface area contributed by atoms with E-state index in [1.807, 2.05) is 30.5 Å². The van der Waals surface area contributed by atoms with Crippen LogP contribution in [0.4, 0.5) is 0 Å². The zero-order valence-corrected chi connectivity index (χ0v) is 21.0. The summed E-state index contributed by atoms with van der Waals surface area (Å²) < 4.78 is 31.9. The molecule has 1 aromatic heterocycles. The van der Waals surface area contributed by atoms with Crippen LogP contribution < -0.4 is 4.52 Å². The van der Waals surface area contributed by atoms with Crippen molar-refractivity contribution in [3.63, 3.8) is 0 Å². The molecule has 1 unspecified atom stereocenters. The number of phosphoric ester groups is 1. The Kier molecular flexibility index (Phi) is 6.26. The van der Waals surface area contributed by atoms with Crippen LogP contribution in [0, 0.1) is 0 Å². The standard InChI is InChI=1S/C27H28NO6P/c1-4-13-32-35(31,33-14-5-2)34-22-12-8-11-20-23(22)27(30)21-16-28-15-18-9-6-7-10-19(18)17(3)25(28)24(21)26(20)29/h6-12,16-17H,4-5,13-15H2,1-3H3. The van der Waals surface area contributed by atoms with E-state index in [0.717, 1.165) is 11.3 Å². The van der Waals surface area contributed by atoms with Crippen molar-refractivity contribution in [2.24, 2.45) is 0 Å². The molecule has 0 radical (unpaired) electrons. The number of ketones is 2. The van der Waals surface area contributed by atoms with Crippen LogP contribution in [-0.4, -0.2) is 29.3 Å². The Bertz CT molecular complexity index is 1360. The second-order valence-electron chi connectivity index (χ2n) is 8.89. The topological polar surface area (TPSA) is 83.8 Å². The molecule has 1 atom stereocenters. The average Bonchev–Trinajstić information content (AvgIpc) is 3.25. The molecule has 0 spiro atoms. The number of hydrogen-bond acceptors (Lipinski definition) is 6. The molecule has 1 aliphatic heterocycles. The molecule has 0 N–H and O–H groups in total. The third-order valence-electron chi connectivity index (χ3n) is 6.48. The molecule has 2 heterocycles. The van der Waals surface area contributed by atoms with Gasteiger partial charge in [0, 0.05) is 29.9 Å². The molecule has 1 aliphatic carbocycles. The number of rotatable bonds is 8. The van der Waals surface area contributed by atoms with Gasteiger partial charge in [0.05, 0.1) is 29.9 Å². The maximum atomic E-state index is 13.8. The maximum Gasteiger partial charge on any atom is 0.530 e. The van der Waals surface area contributed by atoms with Gasteiger partial charge in [-0.15, -0.1) is 0 Å². The Morgan fingerprint density at radius 2 is 1.60 bits per heavy atom. The quantitative estimate of drug-likeness (QED) is 0.275. The summed E-state index contributed by atoms with van der Waals surface area (Å²) >= 11 is 0. The monoisotopic (exact) mass is 493 g/mol. The number of hydrogen-bond donors (Lipinski definition) is 0. The van der Waals surface area contributed by atoms with E-state index in [2.05, 4.69) is 19.1 Å². The Balaban J connectivity index is 1.57. The predicted octanol–water partition coefficient (Wildman–Crippen LogP) is 6.12. The number of benzene rings is 2. The first-order valence-electron chi connectivity index (χ1n) is 12.0. The normalized spacial score (nSPS) is 16.4. The summed E-state index contributed by atoms with van der Waals surface area (Å²) in [5.41, 5.74) is 4.28. The second-order valence-corrected chi connectivity index (χ2v) is 10.5. The lowest BCUT2D eigenvalue weighted by Crippen LogP contribution is -2.23. The lowest BCUT2D eigenvalue weighted by molar-refractivity contribution is 0.0976. The summed E-state index contributed by atoms with van der Waals surface area (Å²) in [6.45, 7) is 6.77. The van der Waals surface area contributed by atoms with Crippen LogP contribution in [0.1, 0.15) is 88.2 Å². The molecule has 2 aromatic carbocycles. The number of carbonyl (C=O) groups is 2. The molecule has 182 valence electrons. The third kappa shape index (κ3) is 3.98. The van der Waals surface area contributed by atoms with Crippen molar-refractivity contribution in [3.8, 4) is 5.75 Å². The van der Waals surface area contributed by atoms with Gasteiger partial charge < -0.3 is 9.09 Å². The minimum absolute atomic E-state index is 0.0301. The van der Waals surface area contributed by atoms with Gasteiger partial charge in [-0.25, -0.2) is 4.57 Å². The van der Waals surface area contributed by atoms with Crippen LogP contribution >= 0.6 is 7.82 Å². The van der Waals surface area contributed by atoms with Crippen LogP contribution in [0.2, 0.25) is 0 Å². The summed E-state index contributed by atoms with van der Waals surface area (Å²) in [5, 5.41) is 0. The van der Waals surface area contributed by atoms with Crippen molar-refractivity contribution < 1.29 is 27.7 Å². The maximum absolute atomic E-state index is 13.8. The van der Waals surface area contributed by atoms with Gasteiger partial charge in [0.2, 0.25) is 0 Å². The fourth-order valence-corrected chi connectivity index (χ4v) is 6.31. The first-order valence-corrected chi connectivity index (χ1v) is 13.5. The lowest BCUT2D eigenvalue weighted by Gasteiger charge is -2.27. The lowest BCUT2D eigenvalue weighted by atomic mass is 9.81. The average molecular weight is 493 g/mol. The van der Waals surface area contributed by atoms with E-state index in [-0.39, 0.29) is 47.6 Å². The Hall–Kier alpha value is -2.99. The van der Waals surface area contributed by atoms with E-state index >= 15 is 0 Å². The summed E-state index contributed by atoms with van der Waals surface area (Å²) in [6.07, 6.45) is 3.00. The van der Waals surface area contributed by atoms with E-state index in [0.29, 0.717) is 30.5 Å². The Morgan fingerprint density at radius 1 is 0.914 bits per heavy atom. The molecule has 0 saturated carbocycles. The summed E-state index contributed by atoms with van der Waals surface area (Å²) in [5.74, 6) is -0.575. The Morgan fingerprint density at radius 3 is 2.31 bits per heavy atom. The molecule has 8 heteroatoms. The SMILES string of the molecule is CCCOP(=O)(OCCC)Oc1cccc2c1C(=O)c1cn3c(c1C2=O)C(C)c1ccccc1C3. The highest BCUT2D eigenvalue weighted by molar-refractivity contribution is 7.48. The molecule has 0 amide bonds. The Labute approximate surface area is 204 Å². The number of nitrogens with zero attached hydrogens (tertiary/aromatic N) is 1. The van der Waals surface area contributed by atoms with Crippen molar-refractivity contribution in [3.05, 3.63) is 87.7 Å². The van der Waals surface area contributed by atoms with E-state index in [1.54, 1.807) is 18.3 Å². The molecule has 2 aliphatic rings. The molecule has 35 heavy (non-hydrogen) atoms. The van der Waals surface area contributed by atoms with Gasteiger partial charge in [-0.2, -0.15) is 0 Å². The van der Waals surface area contributed by atoms with Gasteiger partial charge in [-0.1, -0.05) is 57.2 Å². The number of carbonyl (C=O) groups excluding carboxylic acids is 2. The van der Waals surface area contributed by atoms with Crippen LogP contribution in [0.25, 0.3) is 0 Å². The third-order valence-corrected chi connectivity index (χ3v) is 7.90. The van der Waals surface area contributed by atoms with Crippen molar-refractivity contribution >= 4 is 19.4 Å². The van der Waals surface area contributed by atoms with Crippen molar-refractivity contribution in [1.82, 2.24) is 4.57 Å². The highest BCUT2D eigenvalue weighted by Crippen LogP contribution is 2.52. The molecule has 3 aromatic rings. The van der Waals surface area contributed by atoms with Gasteiger partial charge >= 0.3 is 7.82 Å². The first kappa shape index (κ1) is 23.7. The fourth-order valence-electron chi connectivity index (χ4n) is 4.93. The molecular weight excluding hydrogens is 465 g/mol. The molecule has 5 rings (SSSR count). The van der Waals surface area contributed by atoms with E-state index in [1.165, 1.54) is 11.6 Å². The van der Waals surface area contributed by atoms with Crippen LogP contribution in [0.3, 0.4) is 0 Å².